The smallest absolute Gasteiger partial charge is 0.129 e. The lowest BCUT2D eigenvalue weighted by Crippen LogP contribution is -2.01. The van der Waals surface area contributed by atoms with Crippen molar-refractivity contribution in [3.05, 3.63) is 56.8 Å². The SMILES string of the molecule is OC(c1cc2c(s1)CCC2)c1cc(F)ccc1F. The Morgan fingerprint density at radius 3 is 2.78 bits per heavy atom. The van der Waals surface area contributed by atoms with Gasteiger partial charge in [-0.25, -0.2) is 8.78 Å². The molecule has 1 aliphatic rings. The normalized spacial score (nSPS) is 15.7. The molecule has 1 N–H and O–H groups in total. The zero-order chi connectivity index (χ0) is 12.7. The third kappa shape index (κ3) is 1.95. The van der Waals surface area contributed by atoms with Crippen LogP contribution in [0.3, 0.4) is 0 Å². The van der Waals surface area contributed by atoms with Crippen molar-refractivity contribution in [3.8, 4) is 0 Å². The van der Waals surface area contributed by atoms with Gasteiger partial charge in [-0.2, -0.15) is 0 Å². The maximum absolute atomic E-state index is 13.6. The van der Waals surface area contributed by atoms with Gasteiger partial charge in [0, 0.05) is 15.3 Å². The lowest BCUT2D eigenvalue weighted by molar-refractivity contribution is 0.218. The van der Waals surface area contributed by atoms with Crippen LogP contribution in [0.15, 0.2) is 24.3 Å². The van der Waals surface area contributed by atoms with Gasteiger partial charge in [0.2, 0.25) is 0 Å². The molecule has 0 saturated carbocycles. The van der Waals surface area contributed by atoms with Crippen LogP contribution in [0.5, 0.6) is 0 Å². The summed E-state index contributed by atoms with van der Waals surface area (Å²) in [5, 5.41) is 10.2. The van der Waals surface area contributed by atoms with Crippen LogP contribution in [0, 0.1) is 11.6 Å². The number of rotatable bonds is 2. The zero-order valence-corrected chi connectivity index (χ0v) is 10.4. The van der Waals surface area contributed by atoms with Gasteiger partial charge in [0.05, 0.1) is 0 Å². The number of benzene rings is 1. The number of hydrogen-bond donors (Lipinski definition) is 1. The molecule has 0 spiro atoms. The first-order chi connectivity index (χ1) is 8.65. The summed E-state index contributed by atoms with van der Waals surface area (Å²) in [4.78, 5) is 1.96. The highest BCUT2D eigenvalue weighted by Gasteiger charge is 2.22. The van der Waals surface area contributed by atoms with Crippen molar-refractivity contribution in [1.82, 2.24) is 0 Å². The Kier molecular flexibility index (Phi) is 2.92. The molecule has 1 aliphatic carbocycles. The van der Waals surface area contributed by atoms with Crippen LogP contribution in [-0.4, -0.2) is 5.11 Å². The highest BCUT2D eigenvalue weighted by molar-refractivity contribution is 7.12. The van der Waals surface area contributed by atoms with Gasteiger partial charge in [0.1, 0.15) is 17.7 Å². The number of thiophene rings is 1. The minimum atomic E-state index is -1.07. The number of halogens is 2. The van der Waals surface area contributed by atoms with E-state index in [-0.39, 0.29) is 5.56 Å². The molecule has 1 unspecified atom stereocenters. The summed E-state index contributed by atoms with van der Waals surface area (Å²) in [5.41, 5.74) is 1.25. The van der Waals surface area contributed by atoms with Crippen LogP contribution in [0.2, 0.25) is 0 Å². The van der Waals surface area contributed by atoms with Crippen LogP contribution >= 0.6 is 11.3 Å². The minimum Gasteiger partial charge on any atom is -0.383 e. The van der Waals surface area contributed by atoms with E-state index in [0.717, 1.165) is 37.5 Å². The average molecular weight is 266 g/mol. The summed E-state index contributed by atoms with van der Waals surface area (Å²) < 4.78 is 26.7. The molecule has 94 valence electrons. The molecular formula is C14H12F2OS. The summed E-state index contributed by atoms with van der Waals surface area (Å²) in [6.07, 6.45) is 2.12. The van der Waals surface area contributed by atoms with Crippen LogP contribution in [0.25, 0.3) is 0 Å². The summed E-state index contributed by atoms with van der Waals surface area (Å²) in [6, 6.07) is 5.09. The molecule has 4 heteroatoms. The topological polar surface area (TPSA) is 20.2 Å². The molecule has 0 radical (unpaired) electrons. The molecule has 3 rings (SSSR count). The number of aliphatic hydroxyl groups excluding tert-OH is 1. The third-order valence-corrected chi connectivity index (χ3v) is 4.58. The molecule has 0 amide bonds. The van der Waals surface area contributed by atoms with Gasteiger partial charge in [0.15, 0.2) is 0 Å². The third-order valence-electron chi connectivity index (χ3n) is 3.29. The van der Waals surface area contributed by atoms with Crippen molar-refractivity contribution >= 4 is 11.3 Å². The highest BCUT2D eigenvalue weighted by Crippen LogP contribution is 2.36. The van der Waals surface area contributed by atoms with Gasteiger partial charge >= 0.3 is 0 Å². The Labute approximate surface area is 108 Å². The van der Waals surface area contributed by atoms with E-state index < -0.39 is 17.7 Å². The predicted octanol–water partition coefficient (Wildman–Crippen LogP) is 3.60. The monoisotopic (exact) mass is 266 g/mol. The molecule has 2 aromatic rings. The lowest BCUT2D eigenvalue weighted by atomic mass is 10.1. The molecule has 0 saturated heterocycles. The van der Waals surface area contributed by atoms with Crippen molar-refractivity contribution in [2.75, 3.05) is 0 Å². The van der Waals surface area contributed by atoms with Crippen LogP contribution in [0.1, 0.15) is 33.4 Å². The first-order valence-electron chi connectivity index (χ1n) is 5.89. The summed E-state index contributed by atoms with van der Waals surface area (Å²) >= 11 is 1.50. The molecule has 0 bridgehead atoms. The molecule has 18 heavy (non-hydrogen) atoms. The van der Waals surface area contributed by atoms with Gasteiger partial charge in [-0.05, 0) is 49.1 Å². The second kappa shape index (κ2) is 4.44. The number of hydrogen-bond acceptors (Lipinski definition) is 2. The Bertz CT molecular complexity index is 570. The van der Waals surface area contributed by atoms with E-state index in [1.807, 2.05) is 6.07 Å². The molecule has 1 nitrogen and oxygen atoms in total. The molecule has 1 heterocycles. The molecule has 1 aromatic carbocycles. The van der Waals surface area contributed by atoms with Crippen LogP contribution in [0.4, 0.5) is 8.78 Å². The van der Waals surface area contributed by atoms with E-state index in [1.54, 1.807) is 0 Å². The van der Waals surface area contributed by atoms with Crippen LogP contribution < -0.4 is 0 Å². The van der Waals surface area contributed by atoms with Gasteiger partial charge in [-0.15, -0.1) is 11.3 Å². The first kappa shape index (κ1) is 11.8. The molecule has 0 fully saturated rings. The van der Waals surface area contributed by atoms with Crippen molar-refractivity contribution in [3.63, 3.8) is 0 Å². The average Bonchev–Trinajstić information content (AvgIpc) is 2.91. The fraction of sp³-hybridized carbons (Fsp3) is 0.286. The van der Waals surface area contributed by atoms with E-state index in [2.05, 4.69) is 0 Å². The van der Waals surface area contributed by atoms with Gasteiger partial charge in [-0.3, -0.25) is 0 Å². The van der Waals surface area contributed by atoms with Gasteiger partial charge in [0.25, 0.3) is 0 Å². The van der Waals surface area contributed by atoms with Crippen molar-refractivity contribution in [2.24, 2.45) is 0 Å². The molecule has 1 atom stereocenters. The van der Waals surface area contributed by atoms with E-state index in [4.69, 9.17) is 0 Å². The highest BCUT2D eigenvalue weighted by atomic mass is 32.1. The van der Waals surface area contributed by atoms with E-state index in [0.29, 0.717) is 4.88 Å². The van der Waals surface area contributed by atoms with Gasteiger partial charge in [-0.1, -0.05) is 0 Å². The summed E-state index contributed by atoms with van der Waals surface area (Å²) in [7, 11) is 0. The molecule has 1 aromatic heterocycles. The fourth-order valence-electron chi connectivity index (χ4n) is 2.36. The Balaban J connectivity index is 1.98. The number of aliphatic hydroxyl groups is 1. The predicted molar refractivity (Wildman–Crippen MR) is 66.8 cm³/mol. The molecular weight excluding hydrogens is 254 g/mol. The van der Waals surface area contributed by atoms with E-state index >= 15 is 0 Å². The summed E-state index contributed by atoms with van der Waals surface area (Å²) in [6.45, 7) is 0. The van der Waals surface area contributed by atoms with Crippen molar-refractivity contribution in [1.29, 1.82) is 0 Å². The second-order valence-electron chi connectivity index (χ2n) is 4.52. The quantitative estimate of drug-likeness (QED) is 0.880. The lowest BCUT2D eigenvalue weighted by Gasteiger charge is -2.10. The van der Waals surface area contributed by atoms with Crippen molar-refractivity contribution < 1.29 is 13.9 Å². The number of fused-ring (bicyclic) bond motifs is 1. The Hall–Kier alpha value is -1.26. The van der Waals surface area contributed by atoms with Crippen molar-refractivity contribution in [2.45, 2.75) is 25.4 Å². The van der Waals surface area contributed by atoms with E-state index in [1.165, 1.54) is 21.8 Å². The fourth-order valence-corrected chi connectivity index (χ4v) is 3.63. The summed E-state index contributed by atoms with van der Waals surface area (Å²) in [5.74, 6) is -1.10. The maximum Gasteiger partial charge on any atom is 0.129 e. The zero-order valence-electron chi connectivity index (χ0n) is 9.62. The molecule has 0 aliphatic heterocycles. The first-order valence-corrected chi connectivity index (χ1v) is 6.71. The Morgan fingerprint density at radius 1 is 1.17 bits per heavy atom. The second-order valence-corrected chi connectivity index (χ2v) is 5.69. The number of aryl methyl sites for hydroxylation is 2. The Morgan fingerprint density at radius 2 is 2.00 bits per heavy atom. The van der Waals surface area contributed by atoms with Crippen LogP contribution in [-0.2, 0) is 12.8 Å². The standard InChI is InChI=1S/C14H12F2OS/c15-9-4-5-11(16)10(7-9)14(17)13-6-8-2-1-3-12(8)18-13/h4-7,14,17H,1-3H2. The van der Waals surface area contributed by atoms with E-state index in [9.17, 15) is 13.9 Å². The van der Waals surface area contributed by atoms with Gasteiger partial charge < -0.3 is 5.11 Å². The minimum absolute atomic E-state index is 0.00919. The largest absolute Gasteiger partial charge is 0.383 e. The maximum atomic E-state index is 13.6.